The number of hydrogen-bond donors (Lipinski definition) is 0. The number of amides is 1. The van der Waals surface area contributed by atoms with Gasteiger partial charge in [0, 0.05) is 18.1 Å². The number of hydrogen-bond acceptors (Lipinski definition) is 3. The van der Waals surface area contributed by atoms with Crippen LogP contribution in [0.25, 0.3) is 0 Å². The fraction of sp³-hybridized carbons (Fsp3) is 0.917. The molecule has 17 heavy (non-hydrogen) atoms. The summed E-state index contributed by atoms with van der Waals surface area (Å²) in [5.74, 6) is 0. The van der Waals surface area contributed by atoms with Crippen molar-refractivity contribution in [1.82, 2.24) is 4.90 Å². The average Bonchev–Trinajstić information content (AvgIpc) is 2.27. The van der Waals surface area contributed by atoms with E-state index in [1.54, 1.807) is 12.0 Å². The van der Waals surface area contributed by atoms with Crippen molar-refractivity contribution in [3.8, 4) is 0 Å². The molecular formula is C12H22INO3. The summed E-state index contributed by atoms with van der Waals surface area (Å²) < 4.78 is 11.9. The maximum Gasteiger partial charge on any atom is 0.410 e. The molecule has 1 aliphatic heterocycles. The Balaban J connectivity index is 2.63. The van der Waals surface area contributed by atoms with E-state index in [2.05, 4.69) is 22.6 Å². The molecule has 0 aromatic heterocycles. The lowest BCUT2D eigenvalue weighted by Crippen LogP contribution is -2.53. The number of rotatable bonds is 2. The van der Waals surface area contributed by atoms with Crippen LogP contribution in [-0.2, 0) is 9.47 Å². The molecule has 0 radical (unpaired) electrons. The number of carbonyl (C=O) groups is 1. The smallest absolute Gasteiger partial charge is 0.410 e. The Kier molecular flexibility index (Phi) is 5.07. The molecule has 0 saturated carbocycles. The zero-order valence-corrected chi connectivity index (χ0v) is 13.2. The van der Waals surface area contributed by atoms with Crippen LogP contribution in [0, 0.1) is 0 Å². The van der Waals surface area contributed by atoms with Crippen LogP contribution in [0.5, 0.6) is 0 Å². The SMILES string of the molecule is COC1(CI)CCCN(C(=O)OC(C)(C)C)C1. The monoisotopic (exact) mass is 355 g/mol. The van der Waals surface area contributed by atoms with Gasteiger partial charge < -0.3 is 14.4 Å². The molecule has 1 fully saturated rings. The second-order valence-corrected chi connectivity index (χ2v) is 6.29. The summed E-state index contributed by atoms with van der Waals surface area (Å²) >= 11 is 2.32. The largest absolute Gasteiger partial charge is 0.444 e. The quantitative estimate of drug-likeness (QED) is 0.565. The normalized spacial score (nSPS) is 25.8. The minimum Gasteiger partial charge on any atom is -0.444 e. The van der Waals surface area contributed by atoms with Gasteiger partial charge in [-0.3, -0.25) is 0 Å². The third-order valence-electron chi connectivity index (χ3n) is 2.87. The van der Waals surface area contributed by atoms with E-state index < -0.39 is 5.60 Å². The highest BCUT2D eigenvalue weighted by molar-refractivity contribution is 14.1. The summed E-state index contributed by atoms with van der Waals surface area (Å²) in [6, 6.07) is 0. The number of halogens is 1. The summed E-state index contributed by atoms with van der Waals surface area (Å²) in [6.07, 6.45) is 1.74. The molecule has 1 amide bonds. The number of carbonyl (C=O) groups excluding carboxylic acids is 1. The Labute approximate surface area is 117 Å². The highest BCUT2D eigenvalue weighted by Gasteiger charge is 2.37. The molecule has 0 aromatic carbocycles. The highest BCUT2D eigenvalue weighted by Crippen LogP contribution is 2.27. The molecule has 0 aliphatic carbocycles. The molecule has 4 nitrogen and oxygen atoms in total. The van der Waals surface area contributed by atoms with Crippen LogP contribution in [0.3, 0.4) is 0 Å². The lowest BCUT2D eigenvalue weighted by Gasteiger charge is -2.41. The number of piperidine rings is 1. The summed E-state index contributed by atoms with van der Waals surface area (Å²) in [5.41, 5.74) is -0.635. The minimum absolute atomic E-state index is 0.199. The van der Waals surface area contributed by atoms with E-state index in [0.717, 1.165) is 23.8 Å². The molecule has 1 heterocycles. The Bertz CT molecular complexity index is 271. The maximum absolute atomic E-state index is 12.0. The molecule has 0 aromatic rings. The third kappa shape index (κ3) is 4.28. The Morgan fingerprint density at radius 2 is 2.12 bits per heavy atom. The number of methoxy groups -OCH3 is 1. The van der Waals surface area contributed by atoms with Crippen LogP contribution in [0.2, 0.25) is 0 Å². The molecule has 1 aliphatic rings. The van der Waals surface area contributed by atoms with Crippen molar-refractivity contribution in [2.75, 3.05) is 24.6 Å². The topological polar surface area (TPSA) is 38.8 Å². The van der Waals surface area contributed by atoms with Crippen LogP contribution in [0.1, 0.15) is 33.6 Å². The van der Waals surface area contributed by atoms with Crippen molar-refractivity contribution in [1.29, 1.82) is 0 Å². The molecule has 5 heteroatoms. The fourth-order valence-corrected chi connectivity index (χ4v) is 2.84. The van der Waals surface area contributed by atoms with Crippen molar-refractivity contribution in [3.63, 3.8) is 0 Å². The summed E-state index contributed by atoms with van der Waals surface area (Å²) in [5, 5.41) is 0. The van der Waals surface area contributed by atoms with Gasteiger partial charge in [-0.2, -0.15) is 0 Å². The third-order valence-corrected chi connectivity index (χ3v) is 4.26. The standard InChI is InChI=1S/C12H22INO3/c1-11(2,3)17-10(15)14-7-5-6-12(8-13,9-14)16-4/h5-9H2,1-4H3. The Morgan fingerprint density at radius 3 is 2.59 bits per heavy atom. The van der Waals surface area contributed by atoms with Crippen molar-refractivity contribution >= 4 is 28.7 Å². The number of alkyl halides is 1. The first kappa shape index (κ1) is 15.0. The van der Waals surface area contributed by atoms with E-state index in [1.807, 2.05) is 20.8 Å². The van der Waals surface area contributed by atoms with Gasteiger partial charge in [0.2, 0.25) is 0 Å². The van der Waals surface area contributed by atoms with Crippen LogP contribution in [0.4, 0.5) is 4.79 Å². The van der Waals surface area contributed by atoms with Crippen molar-refractivity contribution in [3.05, 3.63) is 0 Å². The van der Waals surface area contributed by atoms with Crippen molar-refractivity contribution < 1.29 is 14.3 Å². The first-order valence-corrected chi connectivity index (χ1v) is 7.43. The number of likely N-dealkylation sites (tertiary alicyclic amines) is 1. The lowest BCUT2D eigenvalue weighted by atomic mass is 9.95. The van der Waals surface area contributed by atoms with Crippen molar-refractivity contribution in [2.24, 2.45) is 0 Å². The number of nitrogens with zero attached hydrogens (tertiary/aromatic N) is 1. The highest BCUT2D eigenvalue weighted by atomic mass is 127. The van der Waals surface area contributed by atoms with Gasteiger partial charge in [-0.15, -0.1) is 0 Å². The van der Waals surface area contributed by atoms with E-state index >= 15 is 0 Å². The molecule has 0 N–H and O–H groups in total. The first-order chi connectivity index (χ1) is 7.82. The molecule has 0 spiro atoms. The van der Waals surface area contributed by atoms with Crippen LogP contribution < -0.4 is 0 Å². The summed E-state index contributed by atoms with van der Waals surface area (Å²) in [6.45, 7) is 7.04. The summed E-state index contributed by atoms with van der Waals surface area (Å²) in [4.78, 5) is 13.7. The van der Waals surface area contributed by atoms with Gasteiger partial charge >= 0.3 is 6.09 Å². The maximum atomic E-state index is 12.0. The van der Waals surface area contributed by atoms with E-state index in [1.165, 1.54) is 0 Å². The molecular weight excluding hydrogens is 333 g/mol. The van der Waals surface area contributed by atoms with Crippen molar-refractivity contribution in [2.45, 2.75) is 44.8 Å². The average molecular weight is 355 g/mol. The second kappa shape index (κ2) is 5.73. The zero-order valence-electron chi connectivity index (χ0n) is 11.1. The molecule has 0 bridgehead atoms. The van der Waals surface area contributed by atoms with Crippen LogP contribution in [-0.4, -0.2) is 46.8 Å². The molecule has 1 saturated heterocycles. The fourth-order valence-electron chi connectivity index (χ4n) is 1.91. The molecule has 1 unspecified atom stereocenters. The molecule has 100 valence electrons. The Hall–Kier alpha value is -0.0400. The van der Waals surface area contributed by atoms with Gasteiger partial charge in [-0.05, 0) is 33.6 Å². The van der Waals surface area contributed by atoms with Gasteiger partial charge in [-0.1, -0.05) is 22.6 Å². The molecule has 1 atom stereocenters. The van der Waals surface area contributed by atoms with E-state index in [-0.39, 0.29) is 11.7 Å². The molecule has 1 rings (SSSR count). The minimum atomic E-state index is -0.436. The van der Waals surface area contributed by atoms with Gasteiger partial charge in [-0.25, -0.2) is 4.79 Å². The van der Waals surface area contributed by atoms with E-state index in [0.29, 0.717) is 6.54 Å². The lowest BCUT2D eigenvalue weighted by molar-refractivity contribution is -0.0524. The van der Waals surface area contributed by atoms with Gasteiger partial charge in [0.15, 0.2) is 0 Å². The van der Waals surface area contributed by atoms with Gasteiger partial charge in [0.05, 0.1) is 12.1 Å². The van der Waals surface area contributed by atoms with E-state index in [9.17, 15) is 4.79 Å². The zero-order chi connectivity index (χ0) is 13.1. The first-order valence-electron chi connectivity index (χ1n) is 5.91. The van der Waals surface area contributed by atoms with Gasteiger partial charge in [0.1, 0.15) is 5.60 Å². The van der Waals surface area contributed by atoms with E-state index in [4.69, 9.17) is 9.47 Å². The number of ether oxygens (including phenoxy) is 2. The summed E-state index contributed by atoms with van der Waals surface area (Å²) in [7, 11) is 1.72. The van der Waals surface area contributed by atoms with Crippen LogP contribution in [0.15, 0.2) is 0 Å². The second-order valence-electron chi connectivity index (χ2n) is 5.53. The van der Waals surface area contributed by atoms with Gasteiger partial charge in [0.25, 0.3) is 0 Å². The predicted molar refractivity (Wildman–Crippen MR) is 75.7 cm³/mol. The Morgan fingerprint density at radius 1 is 1.47 bits per heavy atom. The predicted octanol–water partition coefficient (Wildman–Crippen LogP) is 2.84. The van der Waals surface area contributed by atoms with Crippen LogP contribution >= 0.6 is 22.6 Å².